The molecule has 1 amide bonds. The van der Waals surface area contributed by atoms with Crippen molar-refractivity contribution >= 4 is 5.91 Å². The molecule has 1 aliphatic heterocycles. The largest absolute Gasteiger partial charge is 0.326 e. The van der Waals surface area contributed by atoms with Crippen LogP contribution in [0.3, 0.4) is 0 Å². The monoisotopic (exact) mass is 226 g/mol. The SMILES string of the molecule is CCC1NC(C)C(=O)N1CC(C)C(C)(C)C. The highest BCUT2D eigenvalue weighted by Gasteiger charge is 2.37. The van der Waals surface area contributed by atoms with Gasteiger partial charge in [-0.25, -0.2) is 0 Å². The number of amides is 1. The zero-order valence-corrected chi connectivity index (χ0v) is 11.5. The van der Waals surface area contributed by atoms with Gasteiger partial charge in [-0.05, 0) is 24.7 Å². The Hall–Kier alpha value is -0.570. The number of rotatable bonds is 3. The van der Waals surface area contributed by atoms with E-state index in [0.717, 1.165) is 13.0 Å². The standard InChI is InChI=1S/C13H26N2O/c1-7-11-14-10(3)12(16)15(11)8-9(2)13(4,5)6/h9-11,14H,7-8H2,1-6H3. The predicted molar refractivity (Wildman–Crippen MR) is 67.0 cm³/mol. The highest BCUT2D eigenvalue weighted by Crippen LogP contribution is 2.28. The van der Waals surface area contributed by atoms with E-state index in [1.165, 1.54) is 0 Å². The van der Waals surface area contributed by atoms with E-state index in [-0.39, 0.29) is 23.5 Å². The second kappa shape index (κ2) is 4.74. The van der Waals surface area contributed by atoms with Crippen molar-refractivity contribution in [1.29, 1.82) is 0 Å². The lowest BCUT2D eigenvalue weighted by Gasteiger charge is -2.33. The maximum atomic E-state index is 12.0. The van der Waals surface area contributed by atoms with E-state index >= 15 is 0 Å². The van der Waals surface area contributed by atoms with Crippen molar-refractivity contribution in [3.8, 4) is 0 Å². The van der Waals surface area contributed by atoms with Crippen LogP contribution >= 0.6 is 0 Å². The van der Waals surface area contributed by atoms with E-state index in [4.69, 9.17) is 0 Å². The Morgan fingerprint density at radius 1 is 1.44 bits per heavy atom. The van der Waals surface area contributed by atoms with Gasteiger partial charge in [0.15, 0.2) is 0 Å². The Kier molecular flexibility index (Phi) is 4.00. The maximum Gasteiger partial charge on any atom is 0.240 e. The fraction of sp³-hybridized carbons (Fsp3) is 0.923. The summed E-state index contributed by atoms with van der Waals surface area (Å²) in [7, 11) is 0. The molecule has 3 unspecified atom stereocenters. The fourth-order valence-corrected chi connectivity index (χ4v) is 1.98. The first-order chi connectivity index (χ1) is 7.27. The van der Waals surface area contributed by atoms with Crippen LogP contribution in [0.15, 0.2) is 0 Å². The average Bonchev–Trinajstić information content (AvgIpc) is 2.44. The van der Waals surface area contributed by atoms with Gasteiger partial charge >= 0.3 is 0 Å². The summed E-state index contributed by atoms with van der Waals surface area (Å²) in [4.78, 5) is 14.0. The summed E-state index contributed by atoms with van der Waals surface area (Å²) in [5.41, 5.74) is 0.254. The molecule has 3 heteroatoms. The molecule has 1 saturated heterocycles. The Labute approximate surface area is 99.6 Å². The van der Waals surface area contributed by atoms with Crippen molar-refractivity contribution in [2.45, 2.75) is 60.2 Å². The van der Waals surface area contributed by atoms with Gasteiger partial charge in [0.2, 0.25) is 5.91 Å². The molecule has 1 aliphatic rings. The van der Waals surface area contributed by atoms with Gasteiger partial charge in [0.1, 0.15) is 0 Å². The number of carbonyl (C=O) groups excluding carboxylic acids is 1. The van der Waals surface area contributed by atoms with Crippen LogP contribution in [0.5, 0.6) is 0 Å². The topological polar surface area (TPSA) is 32.3 Å². The van der Waals surface area contributed by atoms with Crippen LogP contribution in [-0.4, -0.2) is 29.6 Å². The van der Waals surface area contributed by atoms with Crippen molar-refractivity contribution in [3.05, 3.63) is 0 Å². The van der Waals surface area contributed by atoms with Crippen LogP contribution in [0.2, 0.25) is 0 Å². The summed E-state index contributed by atoms with van der Waals surface area (Å²) in [6, 6.07) is -0.0166. The summed E-state index contributed by atoms with van der Waals surface area (Å²) in [5.74, 6) is 0.764. The van der Waals surface area contributed by atoms with Crippen LogP contribution in [0.1, 0.15) is 48.0 Å². The number of nitrogens with one attached hydrogen (secondary N) is 1. The maximum absolute atomic E-state index is 12.0. The van der Waals surface area contributed by atoms with E-state index in [1.807, 2.05) is 11.8 Å². The summed E-state index contributed by atoms with van der Waals surface area (Å²) < 4.78 is 0. The second-order valence-electron chi connectivity index (χ2n) is 6.07. The van der Waals surface area contributed by atoms with Crippen LogP contribution in [0, 0.1) is 11.3 Å². The number of hydrogen-bond acceptors (Lipinski definition) is 2. The lowest BCUT2D eigenvalue weighted by Crippen LogP contribution is -2.42. The van der Waals surface area contributed by atoms with Crippen LogP contribution < -0.4 is 5.32 Å². The zero-order valence-electron chi connectivity index (χ0n) is 11.5. The molecular formula is C13H26N2O. The van der Waals surface area contributed by atoms with E-state index < -0.39 is 0 Å². The molecule has 3 atom stereocenters. The summed E-state index contributed by atoms with van der Waals surface area (Å²) in [5, 5.41) is 3.34. The van der Waals surface area contributed by atoms with Crippen LogP contribution in [-0.2, 0) is 4.79 Å². The second-order valence-corrected chi connectivity index (χ2v) is 6.07. The lowest BCUT2D eigenvalue weighted by molar-refractivity contribution is -0.130. The summed E-state index contributed by atoms with van der Waals surface area (Å²) in [6.07, 6.45) is 1.21. The van der Waals surface area contributed by atoms with Crippen molar-refractivity contribution in [2.75, 3.05) is 6.54 Å². The number of carbonyl (C=O) groups is 1. The average molecular weight is 226 g/mol. The van der Waals surface area contributed by atoms with Gasteiger partial charge in [0.25, 0.3) is 0 Å². The molecule has 0 aliphatic carbocycles. The molecular weight excluding hydrogens is 200 g/mol. The zero-order chi connectivity index (χ0) is 12.5. The molecule has 0 aromatic heterocycles. The third-order valence-electron chi connectivity index (χ3n) is 3.81. The van der Waals surface area contributed by atoms with E-state index in [0.29, 0.717) is 5.92 Å². The molecule has 0 spiro atoms. The Morgan fingerprint density at radius 3 is 2.44 bits per heavy atom. The van der Waals surface area contributed by atoms with Gasteiger partial charge in [0.05, 0.1) is 12.2 Å². The Morgan fingerprint density at radius 2 is 2.00 bits per heavy atom. The van der Waals surface area contributed by atoms with Crippen LogP contribution in [0.25, 0.3) is 0 Å². The summed E-state index contributed by atoms with van der Waals surface area (Å²) in [6.45, 7) is 13.9. The molecule has 1 heterocycles. The number of hydrogen-bond donors (Lipinski definition) is 1. The molecule has 0 bridgehead atoms. The normalized spacial score (nSPS) is 28.6. The highest BCUT2D eigenvalue weighted by molar-refractivity contribution is 5.83. The van der Waals surface area contributed by atoms with Crippen molar-refractivity contribution < 1.29 is 4.79 Å². The molecule has 1 N–H and O–H groups in total. The molecule has 1 fully saturated rings. The Bertz CT molecular complexity index is 257. The van der Waals surface area contributed by atoms with Gasteiger partial charge in [-0.2, -0.15) is 0 Å². The highest BCUT2D eigenvalue weighted by atomic mass is 16.2. The lowest BCUT2D eigenvalue weighted by atomic mass is 9.82. The van der Waals surface area contributed by atoms with Gasteiger partial charge in [-0.15, -0.1) is 0 Å². The predicted octanol–water partition coefficient (Wildman–Crippen LogP) is 2.22. The van der Waals surface area contributed by atoms with Gasteiger partial charge in [-0.3, -0.25) is 10.1 Å². The molecule has 94 valence electrons. The smallest absolute Gasteiger partial charge is 0.240 e. The van der Waals surface area contributed by atoms with Crippen LogP contribution in [0.4, 0.5) is 0 Å². The molecule has 0 radical (unpaired) electrons. The molecule has 0 saturated carbocycles. The quantitative estimate of drug-likeness (QED) is 0.800. The fourth-order valence-electron chi connectivity index (χ4n) is 1.98. The first-order valence-corrected chi connectivity index (χ1v) is 6.34. The Balaban J connectivity index is 2.68. The van der Waals surface area contributed by atoms with E-state index in [9.17, 15) is 4.79 Å². The minimum atomic E-state index is -0.0166. The van der Waals surface area contributed by atoms with E-state index in [2.05, 4.69) is 39.9 Å². The summed E-state index contributed by atoms with van der Waals surface area (Å²) >= 11 is 0. The molecule has 3 nitrogen and oxygen atoms in total. The van der Waals surface area contributed by atoms with Crippen molar-refractivity contribution in [3.63, 3.8) is 0 Å². The molecule has 0 aromatic carbocycles. The van der Waals surface area contributed by atoms with Gasteiger partial charge in [0, 0.05) is 6.54 Å². The number of nitrogens with zero attached hydrogens (tertiary/aromatic N) is 1. The third kappa shape index (κ3) is 2.76. The van der Waals surface area contributed by atoms with E-state index in [1.54, 1.807) is 0 Å². The van der Waals surface area contributed by atoms with Gasteiger partial charge < -0.3 is 4.90 Å². The first-order valence-electron chi connectivity index (χ1n) is 6.34. The minimum absolute atomic E-state index is 0.0166. The molecule has 0 aromatic rings. The molecule has 1 rings (SSSR count). The molecule has 16 heavy (non-hydrogen) atoms. The minimum Gasteiger partial charge on any atom is -0.326 e. The van der Waals surface area contributed by atoms with Crippen molar-refractivity contribution in [1.82, 2.24) is 10.2 Å². The first kappa shape index (κ1) is 13.5. The van der Waals surface area contributed by atoms with Gasteiger partial charge in [-0.1, -0.05) is 34.6 Å². The third-order valence-corrected chi connectivity index (χ3v) is 3.81. The van der Waals surface area contributed by atoms with Crippen molar-refractivity contribution in [2.24, 2.45) is 11.3 Å².